The Morgan fingerprint density at radius 2 is 1.69 bits per heavy atom. The van der Waals surface area contributed by atoms with Crippen LogP contribution in [0.5, 0.6) is 0 Å². The van der Waals surface area contributed by atoms with Crippen LogP contribution in [0.4, 0.5) is 0 Å². The van der Waals surface area contributed by atoms with Gasteiger partial charge in [0, 0.05) is 24.3 Å². The number of carbonyl (C=O) groups is 1. The highest BCUT2D eigenvalue weighted by molar-refractivity contribution is 5.93. The molecule has 4 rings (SSSR count). The van der Waals surface area contributed by atoms with Crippen LogP contribution in [-0.2, 0) is 19.4 Å². The summed E-state index contributed by atoms with van der Waals surface area (Å²) in [6.07, 6.45) is 9.14. The van der Waals surface area contributed by atoms with Crippen LogP contribution in [0.15, 0.2) is 30.3 Å². The van der Waals surface area contributed by atoms with Gasteiger partial charge >= 0.3 is 0 Å². The summed E-state index contributed by atoms with van der Waals surface area (Å²) in [5, 5.41) is 6.84. The summed E-state index contributed by atoms with van der Waals surface area (Å²) in [4.78, 5) is 12.9. The first-order valence-corrected chi connectivity index (χ1v) is 9.99. The maximum atomic E-state index is 12.9. The first kappa shape index (κ1) is 17.3. The van der Waals surface area contributed by atoms with Gasteiger partial charge in [0.25, 0.3) is 5.91 Å². The Labute approximate surface area is 155 Å². The van der Waals surface area contributed by atoms with Gasteiger partial charge in [0.2, 0.25) is 0 Å². The molecule has 0 spiro atoms. The molecule has 5 heteroatoms. The Kier molecular flexibility index (Phi) is 5.34. The number of amides is 1. The Morgan fingerprint density at radius 1 is 0.962 bits per heavy atom. The SMILES string of the molecule is O=C(NN1CCCCCC1)c1nn(Cc2ccccc2)c2c1CCCC2. The molecule has 1 fully saturated rings. The summed E-state index contributed by atoms with van der Waals surface area (Å²) in [5.74, 6) is -0.0307. The Hall–Kier alpha value is -2.14. The number of nitrogens with zero attached hydrogens (tertiary/aromatic N) is 3. The van der Waals surface area contributed by atoms with E-state index in [0.29, 0.717) is 5.69 Å². The minimum atomic E-state index is -0.0307. The van der Waals surface area contributed by atoms with Crippen molar-refractivity contribution in [2.24, 2.45) is 0 Å². The van der Waals surface area contributed by atoms with E-state index in [1.165, 1.54) is 36.1 Å². The van der Waals surface area contributed by atoms with E-state index in [2.05, 4.69) is 39.4 Å². The van der Waals surface area contributed by atoms with E-state index < -0.39 is 0 Å². The molecule has 1 aliphatic heterocycles. The van der Waals surface area contributed by atoms with Crippen molar-refractivity contribution >= 4 is 5.91 Å². The lowest BCUT2D eigenvalue weighted by Gasteiger charge is -2.20. The molecule has 2 aromatic rings. The number of rotatable bonds is 4. The van der Waals surface area contributed by atoms with Crippen LogP contribution in [0.3, 0.4) is 0 Å². The lowest BCUT2D eigenvalue weighted by Crippen LogP contribution is -2.43. The molecular formula is C21H28N4O. The van der Waals surface area contributed by atoms with Gasteiger partial charge in [0.1, 0.15) is 0 Å². The standard InChI is InChI=1S/C21H28N4O/c26-21(23-24-14-8-1-2-9-15-24)20-18-12-6-7-13-19(18)25(22-20)16-17-10-4-3-5-11-17/h3-5,10-11H,1-2,6-9,12-16H2,(H,23,26). The van der Waals surface area contributed by atoms with Crippen LogP contribution >= 0.6 is 0 Å². The van der Waals surface area contributed by atoms with E-state index in [1.54, 1.807) is 0 Å². The number of fused-ring (bicyclic) bond motifs is 1. The highest BCUT2D eigenvalue weighted by Gasteiger charge is 2.26. The van der Waals surface area contributed by atoms with Gasteiger partial charge in [-0.2, -0.15) is 5.10 Å². The van der Waals surface area contributed by atoms with Crippen molar-refractivity contribution in [3.05, 3.63) is 52.8 Å². The summed E-state index contributed by atoms with van der Waals surface area (Å²) < 4.78 is 2.06. The molecule has 5 nitrogen and oxygen atoms in total. The average Bonchev–Trinajstić information content (AvgIpc) is 2.84. The Morgan fingerprint density at radius 3 is 2.46 bits per heavy atom. The number of nitrogens with one attached hydrogen (secondary N) is 1. The summed E-state index contributed by atoms with van der Waals surface area (Å²) in [6.45, 7) is 2.62. The van der Waals surface area contributed by atoms with Crippen molar-refractivity contribution in [3.63, 3.8) is 0 Å². The molecule has 1 aromatic carbocycles. The van der Waals surface area contributed by atoms with Crippen molar-refractivity contribution in [3.8, 4) is 0 Å². The van der Waals surface area contributed by atoms with Crippen LogP contribution < -0.4 is 5.43 Å². The smallest absolute Gasteiger partial charge is 0.283 e. The third-order valence-corrected chi connectivity index (χ3v) is 5.51. The molecule has 0 unspecified atom stereocenters. The monoisotopic (exact) mass is 352 g/mol. The van der Waals surface area contributed by atoms with Crippen molar-refractivity contribution in [2.75, 3.05) is 13.1 Å². The van der Waals surface area contributed by atoms with Gasteiger partial charge in [0.15, 0.2) is 5.69 Å². The van der Waals surface area contributed by atoms with Gasteiger partial charge in [0.05, 0.1) is 6.54 Å². The molecule has 26 heavy (non-hydrogen) atoms. The molecule has 1 aliphatic carbocycles. The molecule has 0 atom stereocenters. The van der Waals surface area contributed by atoms with Crippen molar-refractivity contribution in [1.82, 2.24) is 20.2 Å². The number of benzene rings is 1. The van der Waals surface area contributed by atoms with Crippen LogP contribution in [0.25, 0.3) is 0 Å². The van der Waals surface area contributed by atoms with Gasteiger partial charge < -0.3 is 0 Å². The molecule has 2 heterocycles. The maximum absolute atomic E-state index is 12.9. The minimum Gasteiger partial charge on any atom is -0.283 e. The third kappa shape index (κ3) is 3.83. The highest BCUT2D eigenvalue weighted by Crippen LogP contribution is 2.25. The predicted molar refractivity (Wildman–Crippen MR) is 102 cm³/mol. The molecule has 0 saturated carbocycles. The Balaban J connectivity index is 1.56. The largest absolute Gasteiger partial charge is 0.286 e. The second-order valence-electron chi connectivity index (χ2n) is 7.47. The summed E-state index contributed by atoms with van der Waals surface area (Å²) >= 11 is 0. The molecule has 1 aromatic heterocycles. The van der Waals surface area contributed by atoms with Crippen LogP contribution in [0.2, 0.25) is 0 Å². The second kappa shape index (κ2) is 8.04. The number of hydrogen-bond acceptors (Lipinski definition) is 3. The van der Waals surface area contributed by atoms with Gasteiger partial charge in [-0.05, 0) is 44.1 Å². The van der Waals surface area contributed by atoms with Gasteiger partial charge in [-0.25, -0.2) is 5.01 Å². The van der Waals surface area contributed by atoms with E-state index in [4.69, 9.17) is 5.10 Å². The van der Waals surface area contributed by atoms with Crippen molar-refractivity contribution in [1.29, 1.82) is 0 Å². The first-order valence-electron chi connectivity index (χ1n) is 9.99. The maximum Gasteiger partial charge on any atom is 0.286 e. The lowest BCUT2D eigenvalue weighted by molar-refractivity contribution is 0.0787. The van der Waals surface area contributed by atoms with E-state index in [0.717, 1.165) is 51.7 Å². The molecule has 1 saturated heterocycles. The zero-order valence-corrected chi connectivity index (χ0v) is 15.4. The summed E-state index contributed by atoms with van der Waals surface area (Å²) in [5.41, 5.74) is 7.40. The van der Waals surface area contributed by atoms with Crippen molar-refractivity contribution in [2.45, 2.75) is 57.9 Å². The molecule has 1 amide bonds. The van der Waals surface area contributed by atoms with Crippen LogP contribution in [0.1, 0.15) is 65.8 Å². The lowest BCUT2D eigenvalue weighted by atomic mass is 9.95. The fraction of sp³-hybridized carbons (Fsp3) is 0.524. The Bertz CT molecular complexity index is 745. The molecule has 0 bridgehead atoms. The van der Waals surface area contributed by atoms with Crippen LogP contribution in [-0.4, -0.2) is 33.8 Å². The fourth-order valence-electron chi connectivity index (χ4n) is 4.12. The summed E-state index contributed by atoms with van der Waals surface area (Å²) in [6, 6.07) is 10.4. The molecule has 1 N–H and O–H groups in total. The quantitative estimate of drug-likeness (QED) is 0.918. The normalized spacial score (nSPS) is 18.2. The topological polar surface area (TPSA) is 50.2 Å². The number of hydrogen-bond donors (Lipinski definition) is 1. The van der Waals surface area contributed by atoms with Crippen LogP contribution in [0, 0.1) is 0 Å². The van der Waals surface area contributed by atoms with E-state index in [1.807, 2.05) is 6.07 Å². The molecule has 0 radical (unpaired) electrons. The number of aromatic nitrogens is 2. The van der Waals surface area contributed by atoms with Gasteiger partial charge in [-0.15, -0.1) is 0 Å². The minimum absolute atomic E-state index is 0.0307. The zero-order chi connectivity index (χ0) is 17.8. The number of carbonyl (C=O) groups excluding carboxylic acids is 1. The van der Waals surface area contributed by atoms with E-state index >= 15 is 0 Å². The number of hydrazine groups is 1. The second-order valence-corrected chi connectivity index (χ2v) is 7.47. The molecular weight excluding hydrogens is 324 g/mol. The van der Waals surface area contributed by atoms with E-state index in [9.17, 15) is 4.79 Å². The molecule has 138 valence electrons. The van der Waals surface area contributed by atoms with Gasteiger partial charge in [-0.3, -0.25) is 14.9 Å². The van der Waals surface area contributed by atoms with Crippen molar-refractivity contribution < 1.29 is 4.79 Å². The fourth-order valence-corrected chi connectivity index (χ4v) is 4.12. The third-order valence-electron chi connectivity index (χ3n) is 5.51. The highest BCUT2D eigenvalue weighted by atomic mass is 16.2. The zero-order valence-electron chi connectivity index (χ0n) is 15.4. The van der Waals surface area contributed by atoms with Gasteiger partial charge in [-0.1, -0.05) is 43.2 Å². The average molecular weight is 352 g/mol. The van der Waals surface area contributed by atoms with E-state index in [-0.39, 0.29) is 5.91 Å². The summed E-state index contributed by atoms with van der Waals surface area (Å²) in [7, 11) is 0. The predicted octanol–water partition coefficient (Wildman–Crippen LogP) is 3.33. The molecule has 2 aliphatic rings. The first-order chi connectivity index (χ1) is 12.8.